The van der Waals surface area contributed by atoms with Crippen LogP contribution in [0.15, 0.2) is 29.6 Å². The Morgan fingerprint density at radius 3 is 2.70 bits per heavy atom. The van der Waals surface area contributed by atoms with Crippen molar-refractivity contribution in [2.45, 2.75) is 13.3 Å². The Balaban J connectivity index is 2.15. The van der Waals surface area contributed by atoms with E-state index in [4.69, 9.17) is 16.7 Å². The number of carbonyl (C=O) groups is 2. The lowest BCUT2D eigenvalue weighted by Gasteiger charge is -2.07. The van der Waals surface area contributed by atoms with Gasteiger partial charge in [0.05, 0.1) is 12.1 Å². The highest BCUT2D eigenvalue weighted by Gasteiger charge is 2.17. The molecule has 2 rings (SSSR count). The van der Waals surface area contributed by atoms with Crippen molar-refractivity contribution < 1.29 is 14.7 Å². The zero-order chi connectivity index (χ0) is 14.7. The zero-order valence-electron chi connectivity index (χ0n) is 10.6. The second kappa shape index (κ2) is 6.07. The Morgan fingerprint density at radius 1 is 1.35 bits per heavy atom. The number of carboxylic acid groups (broad SMARTS) is 1. The van der Waals surface area contributed by atoms with E-state index >= 15 is 0 Å². The first kappa shape index (κ1) is 14.6. The lowest BCUT2D eigenvalue weighted by molar-refractivity contribution is -0.115. The fourth-order valence-corrected chi connectivity index (χ4v) is 2.80. The number of anilines is 1. The van der Waals surface area contributed by atoms with Crippen LogP contribution in [0.3, 0.4) is 0 Å². The number of benzene rings is 1. The Bertz CT molecular complexity index is 666. The molecule has 1 aromatic carbocycles. The van der Waals surface area contributed by atoms with Crippen molar-refractivity contribution in [2.24, 2.45) is 0 Å². The molecule has 0 fully saturated rings. The largest absolute Gasteiger partial charge is 0.477 e. The van der Waals surface area contributed by atoms with E-state index in [2.05, 4.69) is 5.32 Å². The molecule has 0 aliphatic heterocycles. The van der Waals surface area contributed by atoms with Crippen LogP contribution >= 0.6 is 22.9 Å². The van der Waals surface area contributed by atoms with Gasteiger partial charge in [0.15, 0.2) is 0 Å². The highest BCUT2D eigenvalue weighted by Crippen LogP contribution is 2.28. The number of rotatable bonds is 4. The molecule has 0 spiro atoms. The van der Waals surface area contributed by atoms with Crippen molar-refractivity contribution in [1.82, 2.24) is 0 Å². The number of carbonyl (C=O) groups excluding carboxylic acids is 1. The van der Waals surface area contributed by atoms with Crippen LogP contribution in [0.1, 0.15) is 20.8 Å². The van der Waals surface area contributed by atoms with Gasteiger partial charge >= 0.3 is 5.97 Å². The van der Waals surface area contributed by atoms with Crippen molar-refractivity contribution >= 4 is 40.5 Å². The summed E-state index contributed by atoms with van der Waals surface area (Å²) in [6, 6.07) is 7.06. The highest BCUT2D eigenvalue weighted by molar-refractivity contribution is 7.12. The van der Waals surface area contributed by atoms with E-state index in [1.165, 1.54) is 0 Å². The average Bonchev–Trinajstić information content (AvgIpc) is 2.74. The van der Waals surface area contributed by atoms with Crippen LogP contribution < -0.4 is 5.32 Å². The van der Waals surface area contributed by atoms with Crippen LogP contribution in [0.4, 0.5) is 5.69 Å². The number of aromatic carboxylic acids is 1. The van der Waals surface area contributed by atoms with Crippen molar-refractivity contribution in [3.8, 4) is 0 Å². The van der Waals surface area contributed by atoms with Crippen LogP contribution in [-0.4, -0.2) is 17.0 Å². The number of hydrogen-bond donors (Lipinski definition) is 2. The Morgan fingerprint density at radius 2 is 2.05 bits per heavy atom. The molecule has 0 aliphatic rings. The van der Waals surface area contributed by atoms with Gasteiger partial charge < -0.3 is 10.4 Å². The predicted octanol–water partition coefficient (Wildman–Crippen LogP) is 3.59. The number of thiophene rings is 1. The summed E-state index contributed by atoms with van der Waals surface area (Å²) in [7, 11) is 0. The minimum Gasteiger partial charge on any atom is -0.477 e. The Kier molecular flexibility index (Phi) is 4.42. The molecule has 2 aromatic rings. The number of carboxylic acids is 1. The SMILES string of the molecule is Cc1csc(C(=O)O)c1NC(=O)Cc1ccccc1Cl. The van der Waals surface area contributed by atoms with Crippen molar-refractivity contribution in [2.75, 3.05) is 5.32 Å². The van der Waals surface area contributed by atoms with Gasteiger partial charge in [-0.3, -0.25) is 4.79 Å². The van der Waals surface area contributed by atoms with E-state index in [0.717, 1.165) is 16.9 Å². The fourth-order valence-electron chi connectivity index (χ4n) is 1.76. The summed E-state index contributed by atoms with van der Waals surface area (Å²) >= 11 is 7.09. The molecule has 1 amide bonds. The Hall–Kier alpha value is -1.85. The van der Waals surface area contributed by atoms with E-state index < -0.39 is 5.97 Å². The van der Waals surface area contributed by atoms with Gasteiger partial charge in [-0.25, -0.2) is 4.79 Å². The quantitative estimate of drug-likeness (QED) is 0.907. The number of amides is 1. The second-order valence-electron chi connectivity index (χ2n) is 4.24. The molecule has 0 saturated heterocycles. The van der Waals surface area contributed by atoms with Gasteiger partial charge in [-0.05, 0) is 29.5 Å². The van der Waals surface area contributed by atoms with Gasteiger partial charge in [-0.1, -0.05) is 29.8 Å². The van der Waals surface area contributed by atoms with Crippen molar-refractivity contribution in [3.63, 3.8) is 0 Å². The topological polar surface area (TPSA) is 66.4 Å². The van der Waals surface area contributed by atoms with Crippen LogP contribution in [-0.2, 0) is 11.2 Å². The number of halogens is 1. The first-order chi connectivity index (χ1) is 9.49. The molecule has 0 radical (unpaired) electrons. The summed E-state index contributed by atoms with van der Waals surface area (Å²) in [4.78, 5) is 23.2. The van der Waals surface area contributed by atoms with Gasteiger partial charge in [0.2, 0.25) is 5.91 Å². The lowest BCUT2D eigenvalue weighted by Crippen LogP contribution is -2.16. The molecule has 0 bridgehead atoms. The zero-order valence-corrected chi connectivity index (χ0v) is 12.2. The molecule has 0 unspecified atom stereocenters. The van der Waals surface area contributed by atoms with Crippen LogP contribution in [0.25, 0.3) is 0 Å². The third-order valence-electron chi connectivity index (χ3n) is 2.74. The maximum atomic E-state index is 12.0. The normalized spacial score (nSPS) is 10.3. The molecule has 0 aliphatic carbocycles. The summed E-state index contributed by atoms with van der Waals surface area (Å²) < 4.78 is 0. The fraction of sp³-hybridized carbons (Fsp3) is 0.143. The minimum absolute atomic E-state index is 0.105. The van der Waals surface area contributed by atoms with E-state index in [1.54, 1.807) is 36.6 Å². The molecule has 6 heteroatoms. The van der Waals surface area contributed by atoms with E-state index in [9.17, 15) is 9.59 Å². The van der Waals surface area contributed by atoms with Crippen LogP contribution in [0, 0.1) is 6.92 Å². The first-order valence-electron chi connectivity index (χ1n) is 5.83. The van der Waals surface area contributed by atoms with Gasteiger partial charge in [0, 0.05) is 5.02 Å². The highest BCUT2D eigenvalue weighted by atomic mass is 35.5. The van der Waals surface area contributed by atoms with E-state index in [0.29, 0.717) is 16.3 Å². The van der Waals surface area contributed by atoms with Gasteiger partial charge in [-0.2, -0.15) is 0 Å². The first-order valence-corrected chi connectivity index (χ1v) is 7.09. The van der Waals surface area contributed by atoms with Gasteiger partial charge in [-0.15, -0.1) is 11.3 Å². The average molecular weight is 310 g/mol. The van der Waals surface area contributed by atoms with E-state index in [-0.39, 0.29) is 17.2 Å². The summed E-state index contributed by atoms with van der Waals surface area (Å²) in [6.45, 7) is 1.76. The summed E-state index contributed by atoms with van der Waals surface area (Å²) in [5, 5.41) is 13.9. The number of aryl methyl sites for hydroxylation is 1. The maximum absolute atomic E-state index is 12.0. The van der Waals surface area contributed by atoms with Crippen LogP contribution in [0.5, 0.6) is 0 Å². The summed E-state index contributed by atoms with van der Waals surface area (Å²) in [5.74, 6) is -1.33. The molecule has 2 N–H and O–H groups in total. The molecular weight excluding hydrogens is 298 g/mol. The molecule has 4 nitrogen and oxygen atoms in total. The molecule has 1 heterocycles. The molecule has 104 valence electrons. The third-order valence-corrected chi connectivity index (χ3v) is 4.20. The summed E-state index contributed by atoms with van der Waals surface area (Å²) in [6.07, 6.45) is 0.105. The van der Waals surface area contributed by atoms with Gasteiger partial charge in [0.1, 0.15) is 4.88 Å². The van der Waals surface area contributed by atoms with Gasteiger partial charge in [0.25, 0.3) is 0 Å². The van der Waals surface area contributed by atoms with Crippen molar-refractivity contribution in [3.05, 3.63) is 50.7 Å². The van der Waals surface area contributed by atoms with Crippen molar-refractivity contribution in [1.29, 1.82) is 0 Å². The second-order valence-corrected chi connectivity index (χ2v) is 5.53. The molecule has 1 aromatic heterocycles. The molecular formula is C14H12ClNO3S. The summed E-state index contributed by atoms with van der Waals surface area (Å²) in [5.41, 5.74) is 1.80. The van der Waals surface area contributed by atoms with Crippen LogP contribution in [0.2, 0.25) is 5.02 Å². The molecule has 0 saturated carbocycles. The predicted molar refractivity (Wildman–Crippen MR) is 79.8 cm³/mol. The number of hydrogen-bond acceptors (Lipinski definition) is 3. The monoisotopic (exact) mass is 309 g/mol. The third kappa shape index (κ3) is 3.18. The Labute approximate surface area is 125 Å². The smallest absolute Gasteiger partial charge is 0.348 e. The van der Waals surface area contributed by atoms with E-state index in [1.807, 2.05) is 0 Å². The lowest BCUT2D eigenvalue weighted by atomic mass is 10.1. The molecule has 0 atom stereocenters. The molecule has 20 heavy (non-hydrogen) atoms. The number of nitrogens with one attached hydrogen (secondary N) is 1. The standard InChI is InChI=1S/C14H12ClNO3S/c1-8-7-20-13(14(18)19)12(8)16-11(17)6-9-4-2-3-5-10(9)15/h2-5,7H,6H2,1H3,(H,16,17)(H,18,19). The maximum Gasteiger partial charge on any atom is 0.348 e. The minimum atomic E-state index is -1.05.